The molecule has 14 rings (SSSR count). The molecule has 4 heterocycles. The highest BCUT2D eigenvalue weighted by Crippen LogP contribution is 2.40. The fourth-order valence-corrected chi connectivity index (χ4v) is 10.3. The van der Waals surface area contributed by atoms with E-state index in [-0.39, 0.29) is 0 Å². The number of rotatable bonds is 7. The van der Waals surface area contributed by atoms with E-state index in [1.807, 2.05) is 24.3 Å². The molecule has 4 aromatic heterocycles. The number of nitrogens with zero attached hydrogens (tertiary/aromatic N) is 5. The van der Waals surface area contributed by atoms with Crippen LogP contribution >= 0.6 is 0 Å². The van der Waals surface area contributed by atoms with Gasteiger partial charge in [0, 0.05) is 44.7 Å². The van der Waals surface area contributed by atoms with Gasteiger partial charge < -0.3 is 8.98 Å². The van der Waals surface area contributed by atoms with Gasteiger partial charge in [-0.2, -0.15) is 0 Å². The fraction of sp³-hybridized carbons (Fsp3) is 0. The predicted molar refractivity (Wildman–Crippen MR) is 287 cm³/mol. The second-order valence-corrected chi connectivity index (χ2v) is 17.8. The monoisotopic (exact) mass is 893 g/mol. The maximum Gasteiger partial charge on any atom is 0.164 e. The smallest absolute Gasteiger partial charge is 0.164 e. The third-order valence-corrected chi connectivity index (χ3v) is 13.7. The Morgan fingerprint density at radius 2 is 0.900 bits per heavy atom. The standard InChI is InChI=1S/C64H39N5O/c1-2-11-40(12-3-1)48-31-33-56-54(38-48)60-53-19-7-5-14-43(53)30-34-57(60)69(56)50-17-8-16-47(37-50)41-22-26-45(27-23-41)62-66-63(46-28-24-44(25-29-46)52-20-9-15-42-13-4-6-18-51(42)52)68-64(67-62)49-32-35-58-55(39-49)61-59(70-58)21-10-36-65-61/h1-39H. The second-order valence-electron chi connectivity index (χ2n) is 17.8. The Labute approximate surface area is 402 Å². The number of benzene rings is 10. The van der Waals surface area contributed by atoms with Gasteiger partial charge in [-0.25, -0.2) is 15.0 Å². The van der Waals surface area contributed by atoms with Crippen molar-refractivity contribution in [2.45, 2.75) is 0 Å². The number of fused-ring (bicyclic) bond motifs is 9. The summed E-state index contributed by atoms with van der Waals surface area (Å²) in [5, 5.41) is 8.30. The lowest BCUT2D eigenvalue weighted by atomic mass is 9.97. The summed E-state index contributed by atoms with van der Waals surface area (Å²) >= 11 is 0. The summed E-state index contributed by atoms with van der Waals surface area (Å²) in [6.45, 7) is 0. The first-order valence-electron chi connectivity index (χ1n) is 23.5. The summed E-state index contributed by atoms with van der Waals surface area (Å²) in [7, 11) is 0. The van der Waals surface area contributed by atoms with Crippen LogP contribution in [0.25, 0.3) is 139 Å². The number of pyridine rings is 1. The van der Waals surface area contributed by atoms with Crippen molar-refractivity contribution < 1.29 is 4.42 Å². The Morgan fingerprint density at radius 3 is 1.70 bits per heavy atom. The van der Waals surface area contributed by atoms with Gasteiger partial charge in [0.2, 0.25) is 0 Å². The van der Waals surface area contributed by atoms with E-state index in [9.17, 15) is 0 Å². The van der Waals surface area contributed by atoms with Gasteiger partial charge >= 0.3 is 0 Å². The Hall–Kier alpha value is -9.52. The molecule has 0 amide bonds. The van der Waals surface area contributed by atoms with Crippen LogP contribution in [-0.2, 0) is 0 Å². The van der Waals surface area contributed by atoms with Crippen LogP contribution in [0.15, 0.2) is 241 Å². The van der Waals surface area contributed by atoms with E-state index >= 15 is 0 Å². The summed E-state index contributed by atoms with van der Waals surface area (Å²) in [6, 6.07) is 81.4. The first-order chi connectivity index (χ1) is 34.7. The number of hydrogen-bond donors (Lipinski definition) is 0. The van der Waals surface area contributed by atoms with E-state index in [4.69, 9.17) is 19.4 Å². The van der Waals surface area contributed by atoms with Crippen LogP contribution in [0.2, 0.25) is 0 Å². The maximum absolute atomic E-state index is 6.14. The normalized spacial score (nSPS) is 11.7. The lowest BCUT2D eigenvalue weighted by Gasteiger charge is -2.12. The third-order valence-electron chi connectivity index (χ3n) is 13.7. The molecule has 0 saturated carbocycles. The Morgan fingerprint density at radius 1 is 0.329 bits per heavy atom. The predicted octanol–water partition coefficient (Wildman–Crippen LogP) is 16.6. The van der Waals surface area contributed by atoms with E-state index in [0.717, 1.165) is 61.1 Å². The van der Waals surface area contributed by atoms with Crippen molar-refractivity contribution in [2.75, 3.05) is 0 Å². The fourth-order valence-electron chi connectivity index (χ4n) is 10.3. The molecule has 0 radical (unpaired) electrons. The largest absolute Gasteiger partial charge is 0.454 e. The van der Waals surface area contributed by atoms with Crippen LogP contribution < -0.4 is 0 Å². The van der Waals surface area contributed by atoms with E-state index < -0.39 is 0 Å². The molecule has 14 aromatic rings. The second kappa shape index (κ2) is 16.1. The summed E-state index contributed by atoms with van der Waals surface area (Å²) in [5.41, 5.74) is 15.3. The minimum absolute atomic E-state index is 0.567. The molecule has 0 N–H and O–H groups in total. The first-order valence-corrected chi connectivity index (χ1v) is 23.5. The SMILES string of the molecule is c1ccc(-c2ccc3c(c2)c2c4ccccc4ccc2n3-c2cccc(-c3ccc(-c4nc(-c5ccc(-c6cccc7ccccc67)cc5)nc(-c5ccc6oc7cccnc7c6c5)n4)cc3)c2)cc1. The van der Waals surface area contributed by atoms with Crippen molar-refractivity contribution >= 4 is 65.4 Å². The molecule has 326 valence electrons. The molecule has 0 aliphatic heterocycles. The van der Waals surface area contributed by atoms with Gasteiger partial charge in [-0.1, -0.05) is 170 Å². The first kappa shape index (κ1) is 39.6. The molecule has 0 saturated heterocycles. The molecule has 6 nitrogen and oxygen atoms in total. The minimum atomic E-state index is 0.567. The van der Waals surface area contributed by atoms with Crippen molar-refractivity contribution in [3.8, 4) is 73.2 Å². The molecule has 70 heavy (non-hydrogen) atoms. The molecule has 0 fully saturated rings. The van der Waals surface area contributed by atoms with Crippen LogP contribution in [0.1, 0.15) is 0 Å². The Balaban J connectivity index is 0.860. The van der Waals surface area contributed by atoms with Crippen molar-refractivity contribution in [3.63, 3.8) is 0 Å². The molecule has 0 spiro atoms. The molecule has 0 unspecified atom stereocenters. The van der Waals surface area contributed by atoms with Crippen molar-refractivity contribution in [3.05, 3.63) is 237 Å². The quantitative estimate of drug-likeness (QED) is 0.159. The zero-order chi connectivity index (χ0) is 46.1. The summed E-state index contributed by atoms with van der Waals surface area (Å²) in [4.78, 5) is 20.1. The third kappa shape index (κ3) is 6.65. The number of aromatic nitrogens is 5. The van der Waals surface area contributed by atoms with Gasteiger partial charge in [-0.3, -0.25) is 4.98 Å². The van der Waals surface area contributed by atoms with E-state index in [1.54, 1.807) is 6.20 Å². The highest BCUT2D eigenvalue weighted by Gasteiger charge is 2.19. The van der Waals surface area contributed by atoms with Crippen molar-refractivity contribution in [1.29, 1.82) is 0 Å². The van der Waals surface area contributed by atoms with Gasteiger partial charge in [0.1, 0.15) is 11.1 Å². The molecule has 0 aliphatic rings. The van der Waals surface area contributed by atoms with Crippen LogP contribution in [0, 0.1) is 0 Å². The lowest BCUT2D eigenvalue weighted by Crippen LogP contribution is -2.00. The summed E-state index contributed by atoms with van der Waals surface area (Å²) in [5.74, 6) is 1.74. The average Bonchev–Trinajstić information content (AvgIpc) is 3.98. The molecule has 0 bridgehead atoms. The molecule has 0 aliphatic carbocycles. The average molecular weight is 894 g/mol. The lowest BCUT2D eigenvalue weighted by molar-refractivity contribution is 0.668. The van der Waals surface area contributed by atoms with Crippen molar-refractivity contribution in [2.24, 2.45) is 0 Å². The van der Waals surface area contributed by atoms with E-state index in [2.05, 4.69) is 216 Å². The zero-order valence-electron chi connectivity index (χ0n) is 37.7. The number of hydrogen-bond acceptors (Lipinski definition) is 5. The summed E-state index contributed by atoms with van der Waals surface area (Å²) in [6.07, 6.45) is 1.79. The highest BCUT2D eigenvalue weighted by molar-refractivity contribution is 6.22. The molecule has 0 atom stereocenters. The molecule has 10 aromatic carbocycles. The van der Waals surface area contributed by atoms with Crippen LogP contribution in [0.5, 0.6) is 0 Å². The van der Waals surface area contributed by atoms with E-state index in [0.29, 0.717) is 17.5 Å². The topological polar surface area (TPSA) is 69.6 Å². The van der Waals surface area contributed by atoms with Crippen LogP contribution in [0.3, 0.4) is 0 Å². The van der Waals surface area contributed by atoms with Gasteiger partial charge in [0.15, 0.2) is 23.1 Å². The highest BCUT2D eigenvalue weighted by atomic mass is 16.3. The Kier molecular flexibility index (Phi) is 9.10. The van der Waals surface area contributed by atoms with Crippen molar-refractivity contribution in [1.82, 2.24) is 24.5 Å². The van der Waals surface area contributed by atoms with Crippen LogP contribution in [-0.4, -0.2) is 24.5 Å². The van der Waals surface area contributed by atoms with Gasteiger partial charge in [0.05, 0.1) is 11.0 Å². The summed E-state index contributed by atoms with van der Waals surface area (Å²) < 4.78 is 8.54. The van der Waals surface area contributed by atoms with Gasteiger partial charge in [-0.05, 0) is 116 Å². The van der Waals surface area contributed by atoms with Gasteiger partial charge in [-0.15, -0.1) is 0 Å². The Bertz CT molecular complexity index is 4340. The van der Waals surface area contributed by atoms with Crippen LogP contribution in [0.4, 0.5) is 0 Å². The molecular formula is C64H39N5O. The molecule has 6 heteroatoms. The van der Waals surface area contributed by atoms with E-state index in [1.165, 1.54) is 60.0 Å². The molecular weight excluding hydrogens is 855 g/mol. The minimum Gasteiger partial charge on any atom is -0.454 e. The zero-order valence-corrected chi connectivity index (χ0v) is 37.7. The van der Waals surface area contributed by atoms with Gasteiger partial charge in [0.25, 0.3) is 0 Å². The number of furan rings is 1. The maximum atomic E-state index is 6.14.